The second-order valence-electron chi connectivity index (χ2n) is 6.05. The normalized spacial score (nSPS) is 16.0. The van der Waals surface area contributed by atoms with Crippen LogP contribution < -0.4 is 0 Å². The molecule has 1 aromatic carbocycles. The fourth-order valence-corrected chi connectivity index (χ4v) is 2.84. The third-order valence-corrected chi connectivity index (χ3v) is 4.28. The van der Waals surface area contributed by atoms with Gasteiger partial charge in [-0.15, -0.1) is 0 Å². The molecule has 0 spiro atoms. The maximum Gasteiger partial charge on any atom is 0.227 e. The highest BCUT2D eigenvalue weighted by molar-refractivity contribution is 5.79. The van der Waals surface area contributed by atoms with Crippen LogP contribution in [-0.4, -0.2) is 50.3 Å². The van der Waals surface area contributed by atoms with Gasteiger partial charge in [-0.2, -0.15) is 0 Å². The van der Waals surface area contributed by atoms with Gasteiger partial charge in [-0.1, -0.05) is 23.8 Å². The number of carbonyl (C=O) groups is 1. The van der Waals surface area contributed by atoms with Gasteiger partial charge in [-0.3, -0.25) is 4.79 Å². The molecule has 0 aliphatic carbocycles. The Bertz CT molecular complexity index is 493. The number of likely N-dealkylation sites (tertiary alicyclic amines) is 1. The van der Waals surface area contributed by atoms with Gasteiger partial charge in [0.25, 0.3) is 0 Å². The molecule has 0 bridgehead atoms. The zero-order valence-corrected chi connectivity index (χ0v) is 13.9. The first kappa shape index (κ1) is 17.0. The number of piperidine rings is 1. The van der Waals surface area contributed by atoms with Crippen molar-refractivity contribution in [3.63, 3.8) is 0 Å². The summed E-state index contributed by atoms with van der Waals surface area (Å²) in [4.78, 5) is 14.4. The molecule has 0 atom stereocenters. The van der Waals surface area contributed by atoms with E-state index in [0.717, 1.165) is 31.5 Å². The van der Waals surface area contributed by atoms with Crippen LogP contribution in [0.1, 0.15) is 29.5 Å². The van der Waals surface area contributed by atoms with E-state index in [1.807, 2.05) is 4.90 Å². The fraction of sp³-hybridized carbons (Fsp3) is 0.611. The van der Waals surface area contributed by atoms with Gasteiger partial charge < -0.3 is 14.4 Å². The molecule has 122 valence electrons. The predicted molar refractivity (Wildman–Crippen MR) is 87.1 cm³/mol. The highest BCUT2D eigenvalue weighted by Crippen LogP contribution is 2.17. The van der Waals surface area contributed by atoms with Gasteiger partial charge in [0, 0.05) is 20.2 Å². The number of carbonyl (C=O) groups excluding carboxylic acids is 1. The van der Waals surface area contributed by atoms with Crippen molar-refractivity contribution in [1.29, 1.82) is 0 Å². The van der Waals surface area contributed by atoms with Gasteiger partial charge in [0.05, 0.1) is 25.7 Å². The number of aryl methyl sites for hydroxylation is 2. The summed E-state index contributed by atoms with van der Waals surface area (Å²) in [6, 6.07) is 6.30. The molecule has 1 aliphatic heterocycles. The minimum atomic E-state index is 0.226. The van der Waals surface area contributed by atoms with Crippen molar-refractivity contribution >= 4 is 5.91 Å². The molecule has 0 radical (unpaired) electrons. The van der Waals surface area contributed by atoms with Crippen LogP contribution in [0.5, 0.6) is 0 Å². The Labute approximate surface area is 133 Å². The van der Waals surface area contributed by atoms with Crippen molar-refractivity contribution in [2.24, 2.45) is 0 Å². The first-order valence-corrected chi connectivity index (χ1v) is 8.04. The Hall–Kier alpha value is -1.39. The molecule has 22 heavy (non-hydrogen) atoms. The van der Waals surface area contributed by atoms with E-state index in [1.54, 1.807) is 7.11 Å². The summed E-state index contributed by atoms with van der Waals surface area (Å²) in [6.45, 7) is 6.99. The zero-order valence-electron chi connectivity index (χ0n) is 13.9. The summed E-state index contributed by atoms with van der Waals surface area (Å²) in [5.41, 5.74) is 3.54. The lowest BCUT2D eigenvalue weighted by Crippen LogP contribution is -2.41. The van der Waals surface area contributed by atoms with Crippen LogP contribution in [0.4, 0.5) is 0 Å². The topological polar surface area (TPSA) is 38.8 Å². The molecule has 1 amide bonds. The third-order valence-electron chi connectivity index (χ3n) is 4.28. The number of ether oxygens (including phenoxy) is 2. The SMILES string of the molecule is COCCOC1CCN(C(=O)Cc2cc(C)ccc2C)CC1. The van der Waals surface area contributed by atoms with Crippen molar-refractivity contribution in [3.8, 4) is 0 Å². The molecule has 0 aromatic heterocycles. The van der Waals surface area contributed by atoms with Crippen molar-refractivity contribution in [3.05, 3.63) is 34.9 Å². The van der Waals surface area contributed by atoms with E-state index in [2.05, 4.69) is 32.0 Å². The van der Waals surface area contributed by atoms with Crippen LogP contribution in [0.15, 0.2) is 18.2 Å². The molecular weight excluding hydrogens is 278 g/mol. The van der Waals surface area contributed by atoms with Gasteiger partial charge in [0.15, 0.2) is 0 Å². The summed E-state index contributed by atoms with van der Waals surface area (Å²) in [7, 11) is 1.68. The lowest BCUT2D eigenvalue weighted by Gasteiger charge is -2.32. The van der Waals surface area contributed by atoms with Crippen LogP contribution in [0.2, 0.25) is 0 Å². The molecule has 1 aliphatic rings. The Morgan fingerprint density at radius 1 is 1.23 bits per heavy atom. The minimum absolute atomic E-state index is 0.226. The Balaban J connectivity index is 1.81. The Morgan fingerprint density at radius 2 is 1.95 bits per heavy atom. The second kappa shape index (κ2) is 8.30. The van der Waals surface area contributed by atoms with E-state index in [4.69, 9.17) is 9.47 Å². The summed E-state index contributed by atoms with van der Waals surface area (Å²) in [5, 5.41) is 0. The lowest BCUT2D eigenvalue weighted by molar-refractivity contribution is -0.133. The van der Waals surface area contributed by atoms with E-state index in [1.165, 1.54) is 11.1 Å². The van der Waals surface area contributed by atoms with Gasteiger partial charge in [0.2, 0.25) is 5.91 Å². The molecule has 0 unspecified atom stereocenters. The van der Waals surface area contributed by atoms with Crippen LogP contribution >= 0.6 is 0 Å². The quantitative estimate of drug-likeness (QED) is 0.758. The summed E-state index contributed by atoms with van der Waals surface area (Å²) in [5.74, 6) is 0.226. The Morgan fingerprint density at radius 3 is 2.64 bits per heavy atom. The first-order valence-electron chi connectivity index (χ1n) is 8.04. The fourth-order valence-electron chi connectivity index (χ4n) is 2.84. The molecule has 1 heterocycles. The van der Waals surface area contributed by atoms with Crippen molar-refractivity contribution in [2.75, 3.05) is 33.4 Å². The summed E-state index contributed by atoms with van der Waals surface area (Å²) < 4.78 is 10.7. The van der Waals surface area contributed by atoms with E-state index < -0.39 is 0 Å². The smallest absolute Gasteiger partial charge is 0.227 e. The van der Waals surface area contributed by atoms with E-state index in [9.17, 15) is 4.79 Å². The third kappa shape index (κ3) is 4.82. The average Bonchev–Trinajstić information content (AvgIpc) is 2.52. The molecule has 1 aromatic rings. The van der Waals surface area contributed by atoms with Crippen molar-refractivity contribution < 1.29 is 14.3 Å². The Kier molecular flexibility index (Phi) is 6.40. The molecule has 4 nitrogen and oxygen atoms in total. The first-order chi connectivity index (χ1) is 10.6. The molecule has 1 fully saturated rings. The zero-order chi connectivity index (χ0) is 15.9. The maximum absolute atomic E-state index is 12.5. The standard InChI is InChI=1S/C18H27NO3/c1-14-4-5-15(2)16(12-14)13-18(20)19-8-6-17(7-9-19)22-11-10-21-3/h4-5,12,17H,6-11,13H2,1-3H3. The number of nitrogens with zero attached hydrogens (tertiary/aromatic N) is 1. The van der Waals surface area contributed by atoms with Gasteiger partial charge >= 0.3 is 0 Å². The van der Waals surface area contributed by atoms with Crippen LogP contribution in [0.3, 0.4) is 0 Å². The maximum atomic E-state index is 12.5. The van der Waals surface area contributed by atoms with E-state index >= 15 is 0 Å². The number of benzene rings is 1. The monoisotopic (exact) mass is 305 g/mol. The van der Waals surface area contributed by atoms with Crippen LogP contribution in [-0.2, 0) is 20.7 Å². The highest BCUT2D eigenvalue weighted by Gasteiger charge is 2.23. The molecular formula is C18H27NO3. The number of hydrogen-bond acceptors (Lipinski definition) is 3. The minimum Gasteiger partial charge on any atom is -0.382 e. The predicted octanol–water partition coefficient (Wildman–Crippen LogP) is 2.50. The number of methoxy groups -OCH3 is 1. The molecule has 2 rings (SSSR count). The molecule has 4 heteroatoms. The van der Waals surface area contributed by atoms with Crippen LogP contribution in [0.25, 0.3) is 0 Å². The van der Waals surface area contributed by atoms with E-state index in [0.29, 0.717) is 19.6 Å². The highest BCUT2D eigenvalue weighted by atomic mass is 16.5. The number of rotatable bonds is 6. The van der Waals surface area contributed by atoms with Crippen LogP contribution in [0, 0.1) is 13.8 Å². The summed E-state index contributed by atoms with van der Waals surface area (Å²) in [6.07, 6.45) is 2.60. The molecule has 0 saturated carbocycles. The largest absolute Gasteiger partial charge is 0.382 e. The lowest BCUT2D eigenvalue weighted by atomic mass is 10.0. The molecule has 1 saturated heterocycles. The number of amides is 1. The average molecular weight is 305 g/mol. The van der Waals surface area contributed by atoms with Gasteiger partial charge in [-0.05, 0) is 37.8 Å². The van der Waals surface area contributed by atoms with Crippen molar-refractivity contribution in [1.82, 2.24) is 4.90 Å². The molecule has 0 N–H and O–H groups in total. The van der Waals surface area contributed by atoms with Gasteiger partial charge in [-0.25, -0.2) is 0 Å². The van der Waals surface area contributed by atoms with Gasteiger partial charge in [0.1, 0.15) is 0 Å². The number of hydrogen-bond donors (Lipinski definition) is 0. The van der Waals surface area contributed by atoms with E-state index in [-0.39, 0.29) is 12.0 Å². The second-order valence-corrected chi connectivity index (χ2v) is 6.05. The summed E-state index contributed by atoms with van der Waals surface area (Å²) >= 11 is 0. The van der Waals surface area contributed by atoms with Crippen molar-refractivity contribution in [2.45, 2.75) is 39.2 Å².